The summed E-state index contributed by atoms with van der Waals surface area (Å²) < 4.78 is 24.3. The van der Waals surface area contributed by atoms with Gasteiger partial charge in [-0.25, -0.2) is 4.79 Å². The van der Waals surface area contributed by atoms with Crippen molar-refractivity contribution in [2.75, 3.05) is 6.61 Å². The molecule has 1 aliphatic heterocycles. The van der Waals surface area contributed by atoms with Crippen LogP contribution < -0.4 is 5.69 Å². The number of carbonyl (C=O) groups excluding carboxylic acids is 2. The number of fused-ring (bicyclic) bond motifs is 1. The Morgan fingerprint density at radius 2 is 1.54 bits per heavy atom. The number of aromatic nitrogens is 2. The van der Waals surface area contributed by atoms with Crippen LogP contribution in [0.3, 0.4) is 0 Å². The third-order valence-corrected chi connectivity index (χ3v) is 8.51. The second kappa shape index (κ2) is 16.4. The number of furan rings is 1. The Labute approximate surface area is 281 Å². The van der Waals surface area contributed by atoms with Gasteiger partial charge >= 0.3 is 17.6 Å². The molecule has 2 aromatic heterocycles. The van der Waals surface area contributed by atoms with Gasteiger partial charge < -0.3 is 18.6 Å². The number of nitrogens with zero attached hydrogens (tertiary/aromatic N) is 2. The summed E-state index contributed by atoms with van der Waals surface area (Å²) >= 11 is 0. The summed E-state index contributed by atoms with van der Waals surface area (Å²) in [7, 11) is 0. The van der Waals surface area contributed by atoms with Gasteiger partial charge in [0.05, 0.1) is 10.9 Å². The minimum atomic E-state index is -0.818. The summed E-state index contributed by atoms with van der Waals surface area (Å²) in [5.41, 5.74) is 4.40. The molecule has 0 aliphatic carbocycles. The fourth-order valence-electron chi connectivity index (χ4n) is 5.94. The molecule has 3 atom stereocenters. The van der Waals surface area contributed by atoms with E-state index in [0.29, 0.717) is 16.7 Å². The highest BCUT2D eigenvalue weighted by Crippen LogP contribution is 2.35. The van der Waals surface area contributed by atoms with Gasteiger partial charge in [0.2, 0.25) is 5.71 Å². The molecule has 0 saturated carbocycles. The highest BCUT2D eigenvalue weighted by Gasteiger charge is 2.40. The van der Waals surface area contributed by atoms with Crippen LogP contribution in [0.15, 0.2) is 63.9 Å². The smallest absolute Gasteiger partial charge is 0.353 e. The maximum atomic E-state index is 13.3. The van der Waals surface area contributed by atoms with Crippen LogP contribution in [0.2, 0.25) is 0 Å². The van der Waals surface area contributed by atoms with Crippen LogP contribution in [0.5, 0.6) is 0 Å². The molecule has 4 aromatic rings. The van der Waals surface area contributed by atoms with Crippen molar-refractivity contribution < 1.29 is 28.2 Å². The number of benzene rings is 2. The summed E-state index contributed by atoms with van der Waals surface area (Å²) in [5.74, 6) is 6.16. The van der Waals surface area contributed by atoms with Crippen molar-refractivity contribution in [2.24, 2.45) is 0 Å². The molecule has 9 heteroatoms. The normalized spacial score (nSPS) is 17.2. The molecule has 1 fully saturated rings. The monoisotopic (exact) mass is 652 g/mol. The van der Waals surface area contributed by atoms with Crippen LogP contribution in [0.25, 0.3) is 22.4 Å². The zero-order valence-electron chi connectivity index (χ0n) is 28.3. The maximum Gasteiger partial charge on any atom is 0.353 e. The molecule has 0 N–H and O–H groups in total. The first kappa shape index (κ1) is 34.6. The van der Waals surface area contributed by atoms with Gasteiger partial charge in [-0.05, 0) is 48.9 Å². The van der Waals surface area contributed by atoms with Crippen molar-refractivity contribution >= 4 is 23.0 Å². The van der Waals surface area contributed by atoms with Crippen molar-refractivity contribution in [3.05, 3.63) is 87.5 Å². The van der Waals surface area contributed by atoms with Gasteiger partial charge in [0.15, 0.2) is 5.76 Å². The molecule has 9 nitrogen and oxygen atoms in total. The molecular weight excluding hydrogens is 608 g/mol. The fraction of sp³-hybridized carbons (Fsp3) is 0.436. The first-order valence-electron chi connectivity index (χ1n) is 17.0. The lowest BCUT2D eigenvalue weighted by Crippen LogP contribution is -2.31. The molecule has 0 radical (unpaired) electrons. The number of carbonyl (C=O) groups is 2. The predicted octanol–water partition coefficient (Wildman–Crippen LogP) is 7.30. The van der Waals surface area contributed by atoms with Crippen LogP contribution in [0.1, 0.15) is 101 Å². The molecule has 3 heterocycles. The van der Waals surface area contributed by atoms with E-state index in [1.807, 2.05) is 24.3 Å². The molecule has 0 unspecified atom stereocenters. The summed E-state index contributed by atoms with van der Waals surface area (Å²) in [4.78, 5) is 40.9. The Bertz CT molecular complexity index is 1830. The van der Waals surface area contributed by atoms with Gasteiger partial charge in [-0.15, -0.1) is 0 Å². The highest BCUT2D eigenvalue weighted by molar-refractivity contribution is 5.89. The number of rotatable bonds is 13. The Morgan fingerprint density at radius 1 is 0.896 bits per heavy atom. The van der Waals surface area contributed by atoms with Gasteiger partial charge in [-0.1, -0.05) is 87.8 Å². The van der Waals surface area contributed by atoms with E-state index >= 15 is 0 Å². The van der Waals surface area contributed by atoms with Gasteiger partial charge in [-0.2, -0.15) is 4.98 Å². The molecule has 252 valence electrons. The summed E-state index contributed by atoms with van der Waals surface area (Å²) in [6.07, 6.45) is 8.62. The van der Waals surface area contributed by atoms with E-state index < -0.39 is 36.1 Å². The average Bonchev–Trinajstić information content (AvgIpc) is 3.63. The molecule has 0 amide bonds. The fourth-order valence-corrected chi connectivity index (χ4v) is 5.94. The van der Waals surface area contributed by atoms with Crippen molar-refractivity contribution in [1.29, 1.82) is 0 Å². The van der Waals surface area contributed by atoms with Crippen LogP contribution in [0, 0.1) is 11.8 Å². The Kier molecular flexibility index (Phi) is 11.9. The van der Waals surface area contributed by atoms with E-state index in [2.05, 4.69) is 54.9 Å². The first-order chi connectivity index (χ1) is 23.2. The van der Waals surface area contributed by atoms with Crippen LogP contribution in [0.4, 0.5) is 0 Å². The van der Waals surface area contributed by atoms with E-state index in [0.717, 1.165) is 36.8 Å². The Balaban J connectivity index is 1.52. The number of hydrogen-bond donors (Lipinski definition) is 0. The summed E-state index contributed by atoms with van der Waals surface area (Å²) in [6, 6.07) is 16.5. The van der Waals surface area contributed by atoms with Crippen LogP contribution >= 0.6 is 0 Å². The van der Waals surface area contributed by atoms with E-state index in [4.69, 9.17) is 18.6 Å². The zero-order chi connectivity index (χ0) is 34.0. The van der Waals surface area contributed by atoms with Crippen molar-refractivity contribution in [3.63, 3.8) is 0 Å². The lowest BCUT2D eigenvalue weighted by molar-refractivity contribution is -0.155. The molecule has 1 aliphatic rings. The average molecular weight is 653 g/mol. The number of unbranched alkanes of at least 4 members (excludes halogenated alkanes) is 4. The lowest BCUT2D eigenvalue weighted by atomic mass is 10.0. The van der Waals surface area contributed by atoms with Crippen molar-refractivity contribution in [3.8, 4) is 23.2 Å². The highest BCUT2D eigenvalue weighted by atomic mass is 16.6. The first-order valence-corrected chi connectivity index (χ1v) is 17.0. The number of ether oxygens (including phenoxy) is 3. The van der Waals surface area contributed by atoms with Gasteiger partial charge in [0, 0.05) is 37.6 Å². The minimum absolute atomic E-state index is 0.118. The van der Waals surface area contributed by atoms with E-state index in [9.17, 15) is 14.4 Å². The second-order valence-electron chi connectivity index (χ2n) is 12.3. The second-order valence-corrected chi connectivity index (χ2v) is 12.3. The quantitative estimate of drug-likeness (QED) is 0.0841. The molecule has 5 rings (SSSR count). The SMILES string of the molecule is CCCCCc1ccc(C#Cc2c(-c3ccc(CCCCC)cc3)oc3nc(=O)n([C@H]4C[C@H](OC(C)=O)[C@@H](COC(C)=O)O4)cc23)cc1. The molecular formula is C39H44N2O7. The van der Waals surface area contributed by atoms with Gasteiger partial charge in [-0.3, -0.25) is 14.2 Å². The summed E-state index contributed by atoms with van der Waals surface area (Å²) in [5, 5.41) is 0.552. The predicted molar refractivity (Wildman–Crippen MR) is 183 cm³/mol. The van der Waals surface area contributed by atoms with E-state index in [1.54, 1.807) is 6.20 Å². The van der Waals surface area contributed by atoms with E-state index in [-0.39, 0.29) is 18.7 Å². The number of esters is 2. The van der Waals surface area contributed by atoms with Gasteiger partial charge in [0.1, 0.15) is 25.0 Å². The Morgan fingerprint density at radius 3 is 2.15 bits per heavy atom. The third kappa shape index (κ3) is 8.81. The molecule has 0 spiro atoms. The van der Waals surface area contributed by atoms with Crippen molar-refractivity contribution in [2.45, 2.75) is 104 Å². The molecule has 1 saturated heterocycles. The number of aryl methyl sites for hydroxylation is 2. The molecule has 0 bridgehead atoms. The third-order valence-electron chi connectivity index (χ3n) is 8.51. The lowest BCUT2D eigenvalue weighted by Gasteiger charge is -2.17. The van der Waals surface area contributed by atoms with Crippen LogP contribution in [-0.2, 0) is 36.6 Å². The summed E-state index contributed by atoms with van der Waals surface area (Å²) in [6.45, 7) is 6.86. The zero-order valence-corrected chi connectivity index (χ0v) is 28.3. The van der Waals surface area contributed by atoms with Crippen LogP contribution in [-0.4, -0.2) is 40.3 Å². The maximum absolute atomic E-state index is 13.3. The standard InChI is InChI=1S/C39H44N2O7/c1-5-7-9-11-28-13-15-30(16-14-28)19-22-32-33-24-41(36-23-34(46-27(4)43)35(47-36)25-45-26(3)42)39(44)40-38(33)48-37(32)31-20-17-29(18-21-31)12-10-8-6-2/h13-18,20-21,24,34-36H,5-12,23,25H2,1-4H3/t34-,35+,36+/m0/s1. The number of hydrogen-bond acceptors (Lipinski definition) is 8. The minimum Gasteiger partial charge on any atom is -0.463 e. The van der Waals surface area contributed by atoms with Gasteiger partial charge in [0.25, 0.3) is 0 Å². The Hall–Kier alpha value is -4.68. The largest absolute Gasteiger partial charge is 0.463 e. The molecule has 2 aromatic carbocycles. The van der Waals surface area contributed by atoms with E-state index in [1.165, 1.54) is 55.2 Å². The van der Waals surface area contributed by atoms with Crippen molar-refractivity contribution in [1.82, 2.24) is 9.55 Å². The molecule has 48 heavy (non-hydrogen) atoms. The topological polar surface area (TPSA) is 110 Å².